The average molecular weight is 538 g/mol. The number of aromatic hydroxyl groups is 1. The number of hydrogen-bond donors (Lipinski definition) is 1. The van der Waals surface area contributed by atoms with Crippen molar-refractivity contribution in [2.45, 2.75) is 0 Å². The van der Waals surface area contributed by atoms with Crippen LogP contribution >= 0.6 is 38.6 Å². The molecule has 162 valence electrons. The van der Waals surface area contributed by atoms with Crippen LogP contribution in [0.15, 0.2) is 102 Å². The predicted molar refractivity (Wildman–Crippen MR) is 152 cm³/mol. The number of hydrogen-bond acceptors (Lipinski definition) is 3. The van der Waals surface area contributed by atoms with Crippen molar-refractivity contribution >= 4 is 78.9 Å². The molecular formula is C30H17BrOS2. The first-order chi connectivity index (χ1) is 16.7. The summed E-state index contributed by atoms with van der Waals surface area (Å²) < 4.78 is 5.72. The van der Waals surface area contributed by atoms with E-state index in [0.717, 1.165) is 16.7 Å². The van der Waals surface area contributed by atoms with Gasteiger partial charge in [-0.15, -0.1) is 22.7 Å². The quantitative estimate of drug-likeness (QED) is 0.233. The average Bonchev–Trinajstić information content (AvgIpc) is 3.44. The van der Waals surface area contributed by atoms with E-state index < -0.39 is 0 Å². The molecule has 0 unspecified atom stereocenters. The highest BCUT2D eigenvalue weighted by Gasteiger charge is 2.18. The van der Waals surface area contributed by atoms with E-state index in [1.54, 1.807) is 11.3 Å². The fraction of sp³-hybridized carbons (Fsp3) is 0. The second-order valence-corrected chi connectivity index (χ2v) is 11.4. The normalized spacial score (nSPS) is 11.8. The van der Waals surface area contributed by atoms with Crippen LogP contribution in [0.4, 0.5) is 0 Å². The Kier molecular flexibility index (Phi) is 4.56. The second-order valence-electron chi connectivity index (χ2n) is 8.42. The maximum Gasteiger partial charge on any atom is 0.137 e. The number of phenols is 1. The third-order valence-electron chi connectivity index (χ3n) is 6.47. The minimum Gasteiger partial charge on any atom is -0.506 e. The molecule has 0 radical (unpaired) electrons. The summed E-state index contributed by atoms with van der Waals surface area (Å²) in [5, 5.41) is 16.2. The summed E-state index contributed by atoms with van der Waals surface area (Å²) in [4.78, 5) is 0. The molecule has 1 N–H and O–H groups in total. The van der Waals surface area contributed by atoms with Crippen LogP contribution in [-0.4, -0.2) is 5.11 Å². The Hall–Kier alpha value is -3.18. The van der Waals surface area contributed by atoms with Crippen molar-refractivity contribution in [1.82, 2.24) is 0 Å². The van der Waals surface area contributed by atoms with Gasteiger partial charge in [-0.05, 0) is 51.3 Å². The van der Waals surface area contributed by atoms with Gasteiger partial charge in [-0.25, -0.2) is 0 Å². The zero-order valence-corrected chi connectivity index (χ0v) is 21.1. The maximum atomic E-state index is 11.1. The van der Waals surface area contributed by atoms with Crippen molar-refractivity contribution in [2.24, 2.45) is 0 Å². The van der Waals surface area contributed by atoms with Gasteiger partial charge in [0.1, 0.15) is 5.75 Å². The van der Waals surface area contributed by atoms with Crippen molar-refractivity contribution < 1.29 is 5.11 Å². The summed E-state index contributed by atoms with van der Waals surface area (Å²) in [6, 6.07) is 34.1. The van der Waals surface area contributed by atoms with Crippen LogP contribution in [0.3, 0.4) is 0 Å². The Morgan fingerprint density at radius 1 is 0.529 bits per heavy atom. The molecule has 7 rings (SSSR count). The lowest BCUT2D eigenvalue weighted by Crippen LogP contribution is -1.86. The van der Waals surface area contributed by atoms with Gasteiger partial charge in [-0.2, -0.15) is 0 Å². The van der Waals surface area contributed by atoms with Crippen LogP contribution in [-0.2, 0) is 0 Å². The molecule has 34 heavy (non-hydrogen) atoms. The minimum absolute atomic E-state index is 0.275. The first kappa shape index (κ1) is 20.2. The fourth-order valence-electron chi connectivity index (χ4n) is 4.89. The van der Waals surface area contributed by atoms with E-state index in [2.05, 4.69) is 107 Å². The molecule has 0 aliphatic carbocycles. The molecule has 0 spiro atoms. The van der Waals surface area contributed by atoms with Crippen molar-refractivity contribution in [3.05, 3.63) is 102 Å². The molecule has 7 aromatic rings. The van der Waals surface area contributed by atoms with E-state index in [4.69, 9.17) is 0 Å². The largest absolute Gasteiger partial charge is 0.506 e. The van der Waals surface area contributed by atoms with Crippen LogP contribution in [0, 0.1) is 0 Å². The Morgan fingerprint density at radius 2 is 1.06 bits per heavy atom. The highest BCUT2D eigenvalue weighted by atomic mass is 79.9. The molecule has 0 saturated heterocycles. The highest BCUT2D eigenvalue weighted by molar-refractivity contribution is 9.10. The van der Waals surface area contributed by atoms with Crippen molar-refractivity contribution in [3.63, 3.8) is 0 Å². The van der Waals surface area contributed by atoms with Gasteiger partial charge in [-0.1, -0.05) is 72.8 Å². The highest BCUT2D eigenvalue weighted by Crippen LogP contribution is 2.47. The summed E-state index contributed by atoms with van der Waals surface area (Å²) in [7, 11) is 0. The molecule has 0 fully saturated rings. The zero-order valence-electron chi connectivity index (χ0n) is 17.9. The van der Waals surface area contributed by atoms with Gasteiger partial charge in [0.2, 0.25) is 0 Å². The van der Waals surface area contributed by atoms with Crippen LogP contribution in [0.1, 0.15) is 0 Å². The predicted octanol–water partition coefficient (Wildman–Crippen LogP) is 10.2. The van der Waals surface area contributed by atoms with E-state index in [1.165, 1.54) is 45.9 Å². The molecule has 4 heteroatoms. The van der Waals surface area contributed by atoms with Crippen LogP contribution in [0.2, 0.25) is 0 Å². The van der Waals surface area contributed by atoms with Crippen LogP contribution in [0.25, 0.3) is 62.6 Å². The molecule has 2 aromatic heterocycles. The van der Waals surface area contributed by atoms with Gasteiger partial charge in [0.15, 0.2) is 0 Å². The van der Waals surface area contributed by atoms with Gasteiger partial charge >= 0.3 is 0 Å². The number of rotatable bonds is 2. The van der Waals surface area contributed by atoms with Crippen molar-refractivity contribution in [2.75, 3.05) is 0 Å². The van der Waals surface area contributed by atoms with Crippen molar-refractivity contribution in [3.8, 4) is 28.0 Å². The monoisotopic (exact) mass is 536 g/mol. The SMILES string of the molecule is Oc1c(Br)cc(-c2cccc3c2sc2ccccc23)cc1-c1cccc2c1sc1ccccc12. The first-order valence-electron chi connectivity index (χ1n) is 11.0. The van der Waals surface area contributed by atoms with Crippen molar-refractivity contribution in [1.29, 1.82) is 0 Å². The second kappa shape index (κ2) is 7.67. The summed E-state index contributed by atoms with van der Waals surface area (Å²) in [6.45, 7) is 0. The fourth-order valence-corrected chi connectivity index (χ4v) is 7.82. The Morgan fingerprint density at radius 3 is 1.71 bits per heavy atom. The van der Waals surface area contributed by atoms with Gasteiger partial charge in [0.05, 0.1) is 4.47 Å². The van der Waals surface area contributed by atoms with Gasteiger partial charge in [0.25, 0.3) is 0 Å². The third-order valence-corrected chi connectivity index (χ3v) is 9.52. The smallest absolute Gasteiger partial charge is 0.137 e. The lowest BCUT2D eigenvalue weighted by molar-refractivity contribution is 0.474. The molecule has 0 aliphatic rings. The number of fused-ring (bicyclic) bond motifs is 6. The lowest BCUT2D eigenvalue weighted by Gasteiger charge is -2.12. The van der Waals surface area contributed by atoms with E-state index in [9.17, 15) is 5.11 Å². The van der Waals surface area contributed by atoms with E-state index in [1.807, 2.05) is 17.4 Å². The molecular weight excluding hydrogens is 520 g/mol. The zero-order chi connectivity index (χ0) is 22.8. The maximum absolute atomic E-state index is 11.1. The summed E-state index contributed by atoms with van der Waals surface area (Å²) in [5.41, 5.74) is 4.18. The standard InChI is InChI=1S/C30H17BrOS2/c31-25-16-17(18-9-5-10-21-19-7-1-3-13-26(19)33-29(18)21)15-24(28(25)32)23-12-6-11-22-20-8-2-4-14-27(20)34-30(22)23/h1-16,32H. The number of thiophene rings is 2. The minimum atomic E-state index is 0.275. The Labute approximate surface area is 212 Å². The van der Waals surface area contributed by atoms with Crippen LogP contribution in [0.5, 0.6) is 5.75 Å². The summed E-state index contributed by atoms with van der Waals surface area (Å²) in [6.07, 6.45) is 0. The number of benzene rings is 5. The van der Waals surface area contributed by atoms with E-state index in [0.29, 0.717) is 4.47 Å². The Balaban J connectivity index is 1.51. The molecule has 1 nitrogen and oxygen atoms in total. The Bertz CT molecular complexity index is 1890. The van der Waals surface area contributed by atoms with Gasteiger partial charge in [0, 0.05) is 51.5 Å². The number of halogens is 1. The lowest BCUT2D eigenvalue weighted by atomic mass is 9.96. The number of phenolic OH excluding ortho intramolecular Hbond substituents is 1. The topological polar surface area (TPSA) is 20.2 Å². The summed E-state index contributed by atoms with van der Waals surface area (Å²) >= 11 is 7.25. The third kappa shape index (κ3) is 2.96. The molecule has 0 amide bonds. The molecule has 0 atom stereocenters. The van der Waals surface area contributed by atoms with E-state index in [-0.39, 0.29) is 5.75 Å². The van der Waals surface area contributed by atoms with E-state index >= 15 is 0 Å². The molecule has 0 bridgehead atoms. The van der Waals surface area contributed by atoms with Gasteiger partial charge < -0.3 is 5.11 Å². The molecule has 0 aliphatic heterocycles. The summed E-state index contributed by atoms with van der Waals surface area (Å²) in [5.74, 6) is 0.275. The first-order valence-corrected chi connectivity index (χ1v) is 13.5. The van der Waals surface area contributed by atoms with Gasteiger partial charge in [-0.3, -0.25) is 0 Å². The molecule has 0 saturated carbocycles. The molecule has 5 aromatic carbocycles. The molecule has 2 heterocycles. The van der Waals surface area contributed by atoms with Crippen LogP contribution < -0.4 is 0 Å².